The Morgan fingerprint density at radius 3 is 2.67 bits per heavy atom. The minimum absolute atomic E-state index is 0.0512. The van der Waals surface area contributed by atoms with Gasteiger partial charge in [0.05, 0.1) is 18.8 Å². The number of nitriles is 1. The van der Waals surface area contributed by atoms with Crippen LogP contribution in [0.15, 0.2) is 48.8 Å². The fourth-order valence-electron chi connectivity index (χ4n) is 3.10. The van der Waals surface area contributed by atoms with E-state index < -0.39 is 0 Å². The molecule has 8 nitrogen and oxygen atoms in total. The van der Waals surface area contributed by atoms with Gasteiger partial charge in [-0.25, -0.2) is 9.97 Å². The van der Waals surface area contributed by atoms with Crippen LogP contribution in [0.5, 0.6) is 5.75 Å². The van der Waals surface area contributed by atoms with E-state index in [9.17, 15) is 10.1 Å². The predicted molar refractivity (Wildman–Crippen MR) is 110 cm³/mol. The molecule has 0 unspecified atom stereocenters. The molecule has 1 aromatic heterocycles. The van der Waals surface area contributed by atoms with E-state index in [0.29, 0.717) is 47.4 Å². The molecule has 1 fully saturated rings. The number of benzene rings is 2. The van der Waals surface area contributed by atoms with E-state index in [1.807, 2.05) is 6.07 Å². The number of carbonyl (C=O) groups excluding carboxylic acids is 1. The summed E-state index contributed by atoms with van der Waals surface area (Å²) in [5, 5.41) is 12.6. The standard InChI is InChI=1S/C22H19N5O3/c23-12-17-11-16(3-6-20(17)30-19-7-9-29-10-8-19)21-24-14-25-22(27-21)26-18-4-1-15(13-28)2-5-18/h1-6,11,13-14,19H,7-10H2,(H,24,25,26,27). The first-order valence-corrected chi connectivity index (χ1v) is 9.55. The maximum Gasteiger partial charge on any atom is 0.230 e. The zero-order chi connectivity index (χ0) is 20.8. The molecular weight excluding hydrogens is 382 g/mol. The number of nitrogens with zero attached hydrogens (tertiary/aromatic N) is 4. The number of ether oxygens (including phenoxy) is 2. The Kier molecular flexibility index (Phi) is 5.92. The summed E-state index contributed by atoms with van der Waals surface area (Å²) in [5.74, 6) is 1.35. The third-order valence-corrected chi connectivity index (χ3v) is 4.69. The highest BCUT2D eigenvalue weighted by Crippen LogP contribution is 2.27. The average Bonchev–Trinajstić information content (AvgIpc) is 2.81. The second-order valence-corrected chi connectivity index (χ2v) is 6.75. The van der Waals surface area contributed by atoms with E-state index in [1.165, 1.54) is 6.33 Å². The first kappa shape index (κ1) is 19.5. The summed E-state index contributed by atoms with van der Waals surface area (Å²) < 4.78 is 11.3. The van der Waals surface area contributed by atoms with Crippen molar-refractivity contribution in [2.24, 2.45) is 0 Å². The second kappa shape index (κ2) is 9.11. The third-order valence-electron chi connectivity index (χ3n) is 4.69. The molecule has 30 heavy (non-hydrogen) atoms. The van der Waals surface area contributed by atoms with Gasteiger partial charge in [-0.3, -0.25) is 4.79 Å². The van der Waals surface area contributed by atoms with E-state index in [4.69, 9.17) is 9.47 Å². The Morgan fingerprint density at radius 1 is 1.13 bits per heavy atom. The minimum atomic E-state index is 0.0512. The summed E-state index contributed by atoms with van der Waals surface area (Å²) in [6.07, 6.45) is 3.86. The lowest BCUT2D eigenvalue weighted by Gasteiger charge is -2.23. The Bertz CT molecular complexity index is 1070. The molecule has 2 heterocycles. The molecule has 0 radical (unpaired) electrons. The second-order valence-electron chi connectivity index (χ2n) is 6.75. The average molecular weight is 401 g/mol. The lowest BCUT2D eigenvalue weighted by atomic mass is 10.1. The number of nitrogens with one attached hydrogen (secondary N) is 1. The Labute approximate surface area is 173 Å². The van der Waals surface area contributed by atoms with Gasteiger partial charge in [0.15, 0.2) is 5.82 Å². The van der Waals surface area contributed by atoms with E-state index in [-0.39, 0.29) is 6.10 Å². The highest BCUT2D eigenvalue weighted by atomic mass is 16.5. The predicted octanol–water partition coefficient (Wildman–Crippen LogP) is 3.52. The Morgan fingerprint density at radius 2 is 1.93 bits per heavy atom. The van der Waals surface area contributed by atoms with Crippen LogP contribution in [-0.4, -0.2) is 40.6 Å². The summed E-state index contributed by atoms with van der Waals surface area (Å²) in [5.41, 5.74) is 2.45. The van der Waals surface area contributed by atoms with E-state index in [1.54, 1.807) is 36.4 Å². The van der Waals surface area contributed by atoms with Crippen molar-refractivity contribution in [3.05, 3.63) is 59.9 Å². The van der Waals surface area contributed by atoms with Gasteiger partial charge in [-0.15, -0.1) is 0 Å². The molecule has 0 spiro atoms. The minimum Gasteiger partial charge on any atom is -0.489 e. The van der Waals surface area contributed by atoms with Crippen molar-refractivity contribution in [1.29, 1.82) is 5.26 Å². The van der Waals surface area contributed by atoms with Crippen LogP contribution in [0, 0.1) is 11.3 Å². The van der Waals surface area contributed by atoms with E-state index >= 15 is 0 Å². The maximum atomic E-state index is 10.8. The SMILES string of the molecule is N#Cc1cc(-c2ncnc(Nc3ccc(C=O)cc3)n2)ccc1OC1CCOCC1. The van der Waals surface area contributed by atoms with Crippen molar-refractivity contribution in [2.45, 2.75) is 18.9 Å². The van der Waals surface area contributed by atoms with E-state index in [0.717, 1.165) is 24.8 Å². The number of aromatic nitrogens is 3. The van der Waals surface area contributed by atoms with Gasteiger partial charge in [0.25, 0.3) is 0 Å². The van der Waals surface area contributed by atoms with Gasteiger partial charge < -0.3 is 14.8 Å². The summed E-state index contributed by atoms with van der Waals surface area (Å²) >= 11 is 0. The number of aldehydes is 1. The first-order chi connectivity index (χ1) is 14.7. The van der Waals surface area contributed by atoms with Gasteiger partial charge in [-0.2, -0.15) is 10.2 Å². The highest BCUT2D eigenvalue weighted by Gasteiger charge is 2.17. The summed E-state index contributed by atoms with van der Waals surface area (Å²) in [7, 11) is 0. The van der Waals surface area contributed by atoms with Gasteiger partial charge in [0, 0.05) is 29.7 Å². The molecule has 3 aromatic rings. The van der Waals surface area contributed by atoms with Crippen LogP contribution in [0.4, 0.5) is 11.6 Å². The normalized spacial score (nSPS) is 14.0. The Hall–Kier alpha value is -3.83. The zero-order valence-corrected chi connectivity index (χ0v) is 16.1. The number of rotatable bonds is 6. The maximum absolute atomic E-state index is 10.8. The summed E-state index contributed by atoms with van der Waals surface area (Å²) in [6, 6.07) is 14.4. The van der Waals surface area contributed by atoms with Crippen LogP contribution in [0.1, 0.15) is 28.8 Å². The summed E-state index contributed by atoms with van der Waals surface area (Å²) in [4.78, 5) is 23.6. The largest absolute Gasteiger partial charge is 0.489 e. The van der Waals surface area contributed by atoms with Crippen LogP contribution in [0.25, 0.3) is 11.4 Å². The quantitative estimate of drug-likeness (QED) is 0.625. The molecular formula is C22H19N5O3. The monoisotopic (exact) mass is 401 g/mol. The summed E-state index contributed by atoms with van der Waals surface area (Å²) in [6.45, 7) is 1.34. The molecule has 4 rings (SSSR count). The fourth-order valence-corrected chi connectivity index (χ4v) is 3.10. The molecule has 0 amide bonds. The molecule has 1 saturated heterocycles. The smallest absolute Gasteiger partial charge is 0.230 e. The van der Waals surface area contributed by atoms with Gasteiger partial charge in [0.2, 0.25) is 5.95 Å². The molecule has 1 aliphatic rings. The fraction of sp³-hybridized carbons (Fsp3) is 0.227. The van der Waals surface area contributed by atoms with Crippen LogP contribution >= 0.6 is 0 Å². The Balaban J connectivity index is 1.53. The van der Waals surface area contributed by atoms with Gasteiger partial charge in [-0.05, 0) is 42.5 Å². The first-order valence-electron chi connectivity index (χ1n) is 9.55. The molecule has 2 aromatic carbocycles. The molecule has 0 aliphatic carbocycles. The molecule has 1 N–H and O–H groups in total. The molecule has 0 atom stereocenters. The zero-order valence-electron chi connectivity index (χ0n) is 16.1. The van der Waals surface area contributed by atoms with Crippen molar-refractivity contribution >= 4 is 17.9 Å². The van der Waals surface area contributed by atoms with Crippen molar-refractivity contribution in [2.75, 3.05) is 18.5 Å². The van der Waals surface area contributed by atoms with Gasteiger partial charge in [0.1, 0.15) is 30.5 Å². The van der Waals surface area contributed by atoms with E-state index in [2.05, 4.69) is 26.3 Å². The van der Waals surface area contributed by atoms with Crippen LogP contribution in [0.3, 0.4) is 0 Å². The third kappa shape index (κ3) is 4.59. The molecule has 150 valence electrons. The molecule has 1 aliphatic heterocycles. The molecule has 0 bridgehead atoms. The number of carbonyl (C=O) groups is 1. The van der Waals surface area contributed by atoms with Crippen molar-refractivity contribution < 1.29 is 14.3 Å². The van der Waals surface area contributed by atoms with Crippen molar-refractivity contribution in [1.82, 2.24) is 15.0 Å². The lowest BCUT2D eigenvalue weighted by Crippen LogP contribution is -2.26. The number of hydrogen-bond donors (Lipinski definition) is 1. The van der Waals surface area contributed by atoms with Crippen molar-refractivity contribution in [3.63, 3.8) is 0 Å². The van der Waals surface area contributed by atoms with Gasteiger partial charge >= 0.3 is 0 Å². The van der Waals surface area contributed by atoms with Crippen molar-refractivity contribution in [3.8, 4) is 23.2 Å². The molecule has 8 heteroatoms. The number of hydrogen-bond acceptors (Lipinski definition) is 8. The van der Waals surface area contributed by atoms with Gasteiger partial charge in [-0.1, -0.05) is 0 Å². The van der Waals surface area contributed by atoms with Crippen LogP contribution < -0.4 is 10.1 Å². The highest BCUT2D eigenvalue weighted by molar-refractivity contribution is 5.76. The topological polar surface area (TPSA) is 110 Å². The van der Waals surface area contributed by atoms with Crippen LogP contribution in [0.2, 0.25) is 0 Å². The van der Waals surface area contributed by atoms with Crippen LogP contribution in [-0.2, 0) is 4.74 Å². The molecule has 0 saturated carbocycles. The number of anilines is 2. The lowest BCUT2D eigenvalue weighted by molar-refractivity contribution is 0.0254.